The molecule has 0 spiro atoms. The molecular formula is C20H22N4O. The van der Waals surface area contributed by atoms with Crippen LogP contribution >= 0.6 is 0 Å². The van der Waals surface area contributed by atoms with Crippen molar-refractivity contribution in [1.29, 1.82) is 0 Å². The van der Waals surface area contributed by atoms with Crippen LogP contribution in [0, 0.1) is 0 Å². The second-order valence-electron chi connectivity index (χ2n) is 5.99. The maximum atomic E-state index is 9.74. The fraction of sp³-hybridized carbons (Fsp3) is 0.250. The Kier molecular flexibility index (Phi) is 4.93. The first-order valence-electron chi connectivity index (χ1n) is 8.39. The van der Waals surface area contributed by atoms with E-state index in [4.69, 9.17) is 4.98 Å². The van der Waals surface area contributed by atoms with E-state index in [2.05, 4.69) is 28.7 Å². The monoisotopic (exact) mass is 334 g/mol. The molecule has 0 aliphatic heterocycles. The van der Waals surface area contributed by atoms with E-state index in [0.29, 0.717) is 5.82 Å². The predicted octanol–water partition coefficient (Wildman–Crippen LogP) is 4.00. The largest absolute Gasteiger partial charge is 0.508 e. The van der Waals surface area contributed by atoms with Gasteiger partial charge in [0.25, 0.3) is 0 Å². The van der Waals surface area contributed by atoms with E-state index < -0.39 is 0 Å². The molecule has 0 aliphatic carbocycles. The van der Waals surface area contributed by atoms with Gasteiger partial charge in [-0.2, -0.15) is 0 Å². The summed E-state index contributed by atoms with van der Waals surface area (Å²) in [6.45, 7) is 4.16. The third-order valence-electron chi connectivity index (χ3n) is 4.32. The number of aromatic hydroxyl groups is 1. The number of rotatable bonds is 5. The van der Waals surface area contributed by atoms with E-state index in [9.17, 15) is 5.11 Å². The van der Waals surface area contributed by atoms with Crippen LogP contribution in [0.5, 0.6) is 5.75 Å². The number of nitrogens with zero attached hydrogens (tertiary/aromatic N) is 4. The van der Waals surface area contributed by atoms with Crippen LogP contribution in [0.4, 0.5) is 5.82 Å². The predicted molar refractivity (Wildman–Crippen MR) is 99.6 cm³/mol. The standard InChI is InChI=1S/C20H22N4O/c1-4-16-13-19(23-20(22-16)18-10-5-6-11-21-18)24(3)14(2)15-8-7-9-17(25)12-15/h5-14,25H,4H2,1-3H3/t14-/m1/s1. The smallest absolute Gasteiger partial charge is 0.180 e. The summed E-state index contributed by atoms with van der Waals surface area (Å²) in [7, 11) is 2.00. The van der Waals surface area contributed by atoms with Gasteiger partial charge in [0.2, 0.25) is 0 Å². The maximum absolute atomic E-state index is 9.74. The van der Waals surface area contributed by atoms with Crippen LogP contribution in [0.15, 0.2) is 54.7 Å². The van der Waals surface area contributed by atoms with Crippen LogP contribution in [-0.4, -0.2) is 27.1 Å². The molecule has 5 nitrogen and oxygen atoms in total. The molecule has 0 saturated carbocycles. The number of benzene rings is 1. The topological polar surface area (TPSA) is 62.1 Å². The Bertz CT molecular complexity index is 851. The fourth-order valence-electron chi connectivity index (χ4n) is 2.66. The molecule has 2 heterocycles. The molecule has 1 N–H and O–H groups in total. The number of aromatic nitrogens is 3. The van der Waals surface area contributed by atoms with Crippen molar-refractivity contribution in [1.82, 2.24) is 15.0 Å². The van der Waals surface area contributed by atoms with E-state index in [-0.39, 0.29) is 11.8 Å². The van der Waals surface area contributed by atoms with Gasteiger partial charge in [-0.1, -0.05) is 25.1 Å². The molecular weight excluding hydrogens is 312 g/mol. The average Bonchev–Trinajstić information content (AvgIpc) is 2.67. The molecule has 2 aromatic heterocycles. The molecule has 1 atom stereocenters. The van der Waals surface area contributed by atoms with Gasteiger partial charge in [-0.3, -0.25) is 4.98 Å². The highest BCUT2D eigenvalue weighted by molar-refractivity contribution is 5.54. The molecule has 0 unspecified atom stereocenters. The highest BCUT2D eigenvalue weighted by Gasteiger charge is 2.16. The summed E-state index contributed by atoms with van der Waals surface area (Å²) in [4.78, 5) is 15.8. The zero-order chi connectivity index (χ0) is 17.8. The summed E-state index contributed by atoms with van der Waals surface area (Å²) < 4.78 is 0. The van der Waals surface area contributed by atoms with Gasteiger partial charge in [0.15, 0.2) is 5.82 Å². The summed E-state index contributed by atoms with van der Waals surface area (Å²) >= 11 is 0. The van der Waals surface area contributed by atoms with Gasteiger partial charge >= 0.3 is 0 Å². The fourth-order valence-corrected chi connectivity index (χ4v) is 2.66. The van der Waals surface area contributed by atoms with Gasteiger partial charge in [-0.05, 0) is 43.2 Å². The summed E-state index contributed by atoms with van der Waals surface area (Å²) in [5.74, 6) is 1.73. The van der Waals surface area contributed by atoms with Crippen LogP contribution in [0.2, 0.25) is 0 Å². The number of hydrogen-bond donors (Lipinski definition) is 1. The highest BCUT2D eigenvalue weighted by atomic mass is 16.3. The van der Waals surface area contributed by atoms with E-state index >= 15 is 0 Å². The number of anilines is 1. The van der Waals surface area contributed by atoms with Crippen LogP contribution in [0.3, 0.4) is 0 Å². The van der Waals surface area contributed by atoms with Crippen LogP contribution in [0.1, 0.15) is 31.1 Å². The number of pyridine rings is 1. The molecule has 25 heavy (non-hydrogen) atoms. The van der Waals surface area contributed by atoms with Crippen molar-refractivity contribution in [3.05, 3.63) is 66.0 Å². The normalized spacial score (nSPS) is 12.0. The molecule has 5 heteroatoms. The van der Waals surface area contributed by atoms with Crippen molar-refractivity contribution >= 4 is 5.82 Å². The lowest BCUT2D eigenvalue weighted by Gasteiger charge is -2.27. The zero-order valence-electron chi connectivity index (χ0n) is 14.7. The lowest BCUT2D eigenvalue weighted by atomic mass is 10.1. The van der Waals surface area contributed by atoms with Crippen molar-refractivity contribution in [3.63, 3.8) is 0 Å². The Hall–Kier alpha value is -2.95. The molecule has 0 saturated heterocycles. The first kappa shape index (κ1) is 16.9. The molecule has 3 rings (SSSR count). The van der Waals surface area contributed by atoms with Gasteiger partial charge < -0.3 is 10.0 Å². The third kappa shape index (κ3) is 3.76. The van der Waals surface area contributed by atoms with Crippen molar-refractivity contribution in [2.24, 2.45) is 0 Å². The van der Waals surface area contributed by atoms with Crippen LogP contribution in [-0.2, 0) is 6.42 Å². The Labute approximate surface area is 148 Å². The first-order valence-corrected chi connectivity index (χ1v) is 8.39. The second-order valence-corrected chi connectivity index (χ2v) is 5.99. The minimum atomic E-state index is 0.0586. The van der Waals surface area contributed by atoms with E-state index in [1.807, 2.05) is 43.4 Å². The molecule has 0 amide bonds. The molecule has 0 radical (unpaired) electrons. The number of aryl methyl sites for hydroxylation is 1. The van der Waals surface area contributed by atoms with Crippen molar-refractivity contribution in [2.75, 3.05) is 11.9 Å². The van der Waals surface area contributed by atoms with E-state index in [1.165, 1.54) is 0 Å². The van der Waals surface area contributed by atoms with Gasteiger partial charge in [-0.25, -0.2) is 9.97 Å². The van der Waals surface area contributed by atoms with E-state index in [0.717, 1.165) is 29.2 Å². The highest BCUT2D eigenvalue weighted by Crippen LogP contribution is 2.27. The molecule has 0 aliphatic rings. The lowest BCUT2D eigenvalue weighted by Crippen LogP contribution is -2.23. The quantitative estimate of drug-likeness (QED) is 0.764. The van der Waals surface area contributed by atoms with Crippen LogP contribution in [0.25, 0.3) is 11.5 Å². The maximum Gasteiger partial charge on any atom is 0.180 e. The summed E-state index contributed by atoms with van der Waals surface area (Å²) in [5, 5.41) is 9.74. The Morgan fingerprint density at radius 1 is 1.08 bits per heavy atom. The zero-order valence-corrected chi connectivity index (χ0v) is 14.7. The van der Waals surface area contributed by atoms with Gasteiger partial charge in [0, 0.05) is 25.0 Å². The molecule has 3 aromatic rings. The summed E-state index contributed by atoms with van der Waals surface area (Å²) in [5.41, 5.74) is 2.76. The molecule has 0 fully saturated rings. The molecule has 128 valence electrons. The molecule has 0 bridgehead atoms. The number of phenols is 1. The Morgan fingerprint density at radius 2 is 1.92 bits per heavy atom. The SMILES string of the molecule is CCc1cc(N(C)[C@H](C)c2cccc(O)c2)nc(-c2ccccn2)n1. The lowest BCUT2D eigenvalue weighted by molar-refractivity contribution is 0.473. The number of phenolic OH excluding ortho intramolecular Hbond substituents is 1. The van der Waals surface area contributed by atoms with Gasteiger partial charge in [0.1, 0.15) is 17.3 Å². The minimum absolute atomic E-state index is 0.0586. The first-order chi connectivity index (χ1) is 12.1. The van der Waals surface area contributed by atoms with E-state index in [1.54, 1.807) is 18.3 Å². The summed E-state index contributed by atoms with van der Waals surface area (Å²) in [6.07, 6.45) is 2.57. The number of hydrogen-bond acceptors (Lipinski definition) is 5. The average molecular weight is 334 g/mol. The molecule has 1 aromatic carbocycles. The van der Waals surface area contributed by atoms with Crippen LogP contribution < -0.4 is 4.90 Å². The Balaban J connectivity index is 1.98. The van der Waals surface area contributed by atoms with Crippen molar-refractivity contribution in [3.8, 4) is 17.3 Å². The van der Waals surface area contributed by atoms with Crippen molar-refractivity contribution in [2.45, 2.75) is 26.3 Å². The third-order valence-corrected chi connectivity index (χ3v) is 4.32. The van der Waals surface area contributed by atoms with Gasteiger partial charge in [-0.15, -0.1) is 0 Å². The second kappa shape index (κ2) is 7.30. The van der Waals surface area contributed by atoms with Crippen molar-refractivity contribution < 1.29 is 5.11 Å². The van der Waals surface area contributed by atoms with Gasteiger partial charge in [0.05, 0.1) is 6.04 Å². The minimum Gasteiger partial charge on any atom is -0.508 e. The summed E-state index contributed by atoms with van der Waals surface area (Å²) in [6, 6.07) is 15.1. The Morgan fingerprint density at radius 3 is 2.60 bits per heavy atom.